The van der Waals surface area contributed by atoms with E-state index < -0.39 is 5.97 Å². The van der Waals surface area contributed by atoms with Crippen LogP contribution >= 0.6 is 0 Å². The summed E-state index contributed by atoms with van der Waals surface area (Å²) >= 11 is 0. The minimum Gasteiger partial charge on any atom is -0.478 e. The monoisotopic (exact) mass is 454 g/mol. The molecule has 4 rings (SSSR count). The smallest absolute Gasteiger partial charge is 0.330 e. The Hall–Kier alpha value is -1.38. The van der Waals surface area contributed by atoms with E-state index in [1.807, 2.05) is 6.08 Å². The number of hydrogen-bond donors (Lipinski definition) is 1. The minimum absolute atomic E-state index is 0.174. The van der Waals surface area contributed by atoms with Gasteiger partial charge in [-0.2, -0.15) is 0 Å². The lowest BCUT2D eigenvalue weighted by molar-refractivity contribution is -0.142. The largest absolute Gasteiger partial charge is 0.478 e. The molecule has 0 aromatic heterocycles. The zero-order valence-corrected chi connectivity index (χ0v) is 22.1. The van der Waals surface area contributed by atoms with Gasteiger partial charge in [-0.25, -0.2) is 4.79 Å². The first-order valence-electron chi connectivity index (χ1n) is 13.4. The van der Waals surface area contributed by atoms with Gasteiger partial charge in [-0.3, -0.25) is 4.79 Å². The first-order valence-corrected chi connectivity index (χ1v) is 13.4. The highest BCUT2D eigenvalue weighted by atomic mass is 16.4. The Morgan fingerprint density at radius 3 is 2.48 bits per heavy atom. The van der Waals surface area contributed by atoms with Gasteiger partial charge in [0.2, 0.25) is 0 Å². The van der Waals surface area contributed by atoms with Gasteiger partial charge in [0.25, 0.3) is 0 Å². The number of carbonyl (C=O) groups is 2. The van der Waals surface area contributed by atoms with E-state index >= 15 is 0 Å². The summed E-state index contributed by atoms with van der Waals surface area (Å²) in [5.41, 5.74) is 2.77. The lowest BCUT2D eigenvalue weighted by Crippen LogP contribution is -2.56. The minimum atomic E-state index is -0.801. The van der Waals surface area contributed by atoms with Crippen molar-refractivity contribution in [3.63, 3.8) is 0 Å². The van der Waals surface area contributed by atoms with Gasteiger partial charge in [-0.15, -0.1) is 0 Å². The Morgan fingerprint density at radius 2 is 1.82 bits per heavy atom. The van der Waals surface area contributed by atoms with Crippen LogP contribution in [-0.2, 0) is 9.59 Å². The first kappa shape index (κ1) is 24.7. The molecule has 1 N–H and O–H groups in total. The van der Waals surface area contributed by atoms with Crippen LogP contribution in [0.15, 0.2) is 23.3 Å². The molecule has 1 unspecified atom stereocenters. The lowest BCUT2D eigenvalue weighted by atomic mass is 9.41. The van der Waals surface area contributed by atoms with E-state index in [4.69, 9.17) is 5.11 Å². The van der Waals surface area contributed by atoms with E-state index in [9.17, 15) is 9.59 Å². The molecule has 3 fully saturated rings. The number of hydrogen-bond acceptors (Lipinski definition) is 2. The van der Waals surface area contributed by atoms with Crippen LogP contribution in [0.3, 0.4) is 0 Å². The Morgan fingerprint density at radius 1 is 1.12 bits per heavy atom. The Balaban J connectivity index is 1.59. The molecule has 0 radical (unpaired) electrons. The third-order valence-corrected chi connectivity index (χ3v) is 11.7. The highest BCUT2D eigenvalue weighted by Crippen LogP contribution is 2.72. The van der Waals surface area contributed by atoms with Crippen molar-refractivity contribution < 1.29 is 14.7 Å². The van der Waals surface area contributed by atoms with Crippen LogP contribution in [0.5, 0.6) is 0 Å². The number of carboxylic acids is 1. The standard InChI is InChI=1S/C30H46O3/c1-19(9-8-10-20(2)26(32)33)21-13-17-30(7)23-11-12-24-27(3,4)25(31)15-16-28(24,5)22(23)14-18-29(21,30)6/h10,14,19,21,23-24H,8-9,11-13,15-18H2,1-7H3,(H,32,33)/b20-10-/t19-,21-,23-,24?,28-,29-,30+/m1/s1. The van der Waals surface area contributed by atoms with Gasteiger partial charge in [0, 0.05) is 17.4 Å². The molecule has 184 valence electrons. The van der Waals surface area contributed by atoms with Crippen LogP contribution in [-0.4, -0.2) is 16.9 Å². The van der Waals surface area contributed by atoms with Crippen LogP contribution in [0.2, 0.25) is 0 Å². The molecule has 4 aliphatic carbocycles. The quantitative estimate of drug-likeness (QED) is 0.343. The van der Waals surface area contributed by atoms with Gasteiger partial charge >= 0.3 is 5.97 Å². The number of ketones is 1. The molecular formula is C30H46O3. The van der Waals surface area contributed by atoms with Gasteiger partial charge in [-0.05, 0) is 98.2 Å². The van der Waals surface area contributed by atoms with E-state index in [1.54, 1.807) is 12.5 Å². The third-order valence-electron chi connectivity index (χ3n) is 11.7. The highest BCUT2D eigenvalue weighted by Gasteiger charge is 2.65. The molecule has 0 saturated heterocycles. The second-order valence-corrected chi connectivity index (χ2v) is 13.3. The van der Waals surface area contributed by atoms with E-state index in [-0.39, 0.29) is 10.8 Å². The SMILES string of the molecule is C/C(=C/CC[C@@H](C)[C@H]1CC[C@@]2(C)[C@@H]3CCC4C(C)(C)C(=O)CC[C@]4(C)C3=CC[C@]12C)C(=O)O. The van der Waals surface area contributed by atoms with Crippen LogP contribution < -0.4 is 0 Å². The predicted octanol–water partition coefficient (Wildman–Crippen LogP) is 7.61. The van der Waals surface area contributed by atoms with Gasteiger partial charge in [0.05, 0.1) is 0 Å². The molecule has 33 heavy (non-hydrogen) atoms. The van der Waals surface area contributed by atoms with E-state index in [2.05, 4.69) is 47.6 Å². The molecule has 3 nitrogen and oxygen atoms in total. The summed E-state index contributed by atoms with van der Waals surface area (Å²) in [6.45, 7) is 16.2. The summed E-state index contributed by atoms with van der Waals surface area (Å²) < 4.78 is 0. The molecule has 0 aromatic carbocycles. The summed E-state index contributed by atoms with van der Waals surface area (Å²) in [6, 6.07) is 0. The van der Waals surface area contributed by atoms with Crippen LogP contribution in [0, 0.1) is 45.3 Å². The summed E-state index contributed by atoms with van der Waals surface area (Å²) in [5.74, 6) is 2.08. The van der Waals surface area contributed by atoms with E-state index in [0.29, 0.717) is 45.9 Å². The molecule has 0 aliphatic heterocycles. The number of aliphatic carboxylic acids is 1. The van der Waals surface area contributed by atoms with Crippen LogP contribution in [0.1, 0.15) is 106 Å². The van der Waals surface area contributed by atoms with Crippen molar-refractivity contribution in [3.8, 4) is 0 Å². The van der Waals surface area contributed by atoms with Crippen molar-refractivity contribution in [2.45, 2.75) is 106 Å². The molecule has 3 saturated carbocycles. The van der Waals surface area contributed by atoms with Crippen molar-refractivity contribution in [2.75, 3.05) is 0 Å². The molecule has 0 aromatic rings. The van der Waals surface area contributed by atoms with Crippen LogP contribution in [0.4, 0.5) is 0 Å². The average molecular weight is 455 g/mol. The highest BCUT2D eigenvalue weighted by molar-refractivity contribution is 5.86. The van der Waals surface area contributed by atoms with Crippen molar-refractivity contribution in [2.24, 2.45) is 45.3 Å². The van der Waals surface area contributed by atoms with Gasteiger partial charge in [0.1, 0.15) is 5.78 Å². The number of carboxylic acid groups (broad SMARTS) is 1. The fraction of sp³-hybridized carbons (Fsp3) is 0.800. The zero-order chi connectivity index (χ0) is 24.4. The van der Waals surface area contributed by atoms with Gasteiger partial charge in [-0.1, -0.05) is 59.3 Å². The fourth-order valence-corrected chi connectivity index (χ4v) is 9.33. The molecule has 0 spiro atoms. The van der Waals surface area contributed by atoms with Gasteiger partial charge < -0.3 is 5.11 Å². The molecule has 4 aliphatic rings. The molecule has 7 atom stereocenters. The number of allylic oxidation sites excluding steroid dienone is 3. The third kappa shape index (κ3) is 3.50. The summed E-state index contributed by atoms with van der Waals surface area (Å²) in [6.07, 6.45) is 14.4. The number of fused-ring (bicyclic) bond motifs is 5. The van der Waals surface area contributed by atoms with Crippen LogP contribution in [0.25, 0.3) is 0 Å². The Kier molecular flexibility index (Phi) is 6.07. The van der Waals surface area contributed by atoms with E-state index in [1.165, 1.54) is 25.7 Å². The second kappa shape index (κ2) is 8.09. The van der Waals surface area contributed by atoms with Crippen molar-refractivity contribution in [1.29, 1.82) is 0 Å². The maximum absolute atomic E-state index is 12.8. The summed E-state index contributed by atoms with van der Waals surface area (Å²) in [7, 11) is 0. The number of rotatable bonds is 5. The van der Waals surface area contributed by atoms with Gasteiger partial charge in [0.15, 0.2) is 0 Å². The number of Topliss-reactive ketones (excluding diaryl/α,β-unsaturated/α-hetero) is 1. The molecule has 3 heteroatoms. The van der Waals surface area contributed by atoms with E-state index in [0.717, 1.165) is 32.1 Å². The van der Waals surface area contributed by atoms with Crippen molar-refractivity contribution in [1.82, 2.24) is 0 Å². The van der Waals surface area contributed by atoms with Crippen molar-refractivity contribution >= 4 is 11.8 Å². The summed E-state index contributed by atoms with van der Waals surface area (Å²) in [5, 5.41) is 9.15. The Labute approximate surface area is 201 Å². The lowest BCUT2D eigenvalue weighted by Gasteiger charge is -2.63. The second-order valence-electron chi connectivity index (χ2n) is 13.3. The maximum Gasteiger partial charge on any atom is 0.330 e. The maximum atomic E-state index is 12.8. The molecule has 0 heterocycles. The Bertz CT molecular complexity index is 894. The predicted molar refractivity (Wildman–Crippen MR) is 134 cm³/mol. The molecule has 0 bridgehead atoms. The molecule has 0 amide bonds. The number of carbonyl (C=O) groups excluding carboxylic acids is 1. The first-order chi connectivity index (χ1) is 15.3. The topological polar surface area (TPSA) is 54.4 Å². The normalized spacial score (nSPS) is 43.2. The summed E-state index contributed by atoms with van der Waals surface area (Å²) in [4.78, 5) is 23.9. The molecular weight excluding hydrogens is 408 g/mol. The zero-order valence-electron chi connectivity index (χ0n) is 22.1. The fourth-order valence-electron chi connectivity index (χ4n) is 9.33. The average Bonchev–Trinajstić information content (AvgIpc) is 3.02. The van der Waals surface area contributed by atoms with Crippen molar-refractivity contribution in [3.05, 3.63) is 23.3 Å².